The third-order valence-electron chi connectivity index (χ3n) is 10.1. The van der Waals surface area contributed by atoms with Crippen molar-refractivity contribution in [2.45, 2.75) is 37.8 Å². The molecule has 0 fully saturated rings. The normalized spacial score (nSPS) is 18.5. The summed E-state index contributed by atoms with van der Waals surface area (Å²) in [6.07, 6.45) is 3.56. The first-order valence-electron chi connectivity index (χ1n) is 16.5. The van der Waals surface area contributed by atoms with Crippen molar-refractivity contribution in [2.24, 2.45) is 0 Å². The van der Waals surface area contributed by atoms with E-state index < -0.39 is 0 Å². The molecule has 3 aliphatic rings. The topological polar surface area (TPSA) is 71.1 Å². The lowest BCUT2D eigenvalue weighted by molar-refractivity contribution is 0.171. The molecule has 0 spiro atoms. The number of methoxy groups -OCH3 is 4. The van der Waals surface area contributed by atoms with Crippen molar-refractivity contribution < 1.29 is 33.2 Å². The Balaban J connectivity index is 1.07. The van der Waals surface area contributed by atoms with Crippen LogP contribution >= 0.6 is 0 Å². The van der Waals surface area contributed by atoms with Gasteiger partial charge >= 0.3 is 0 Å². The molecule has 0 aromatic heterocycles. The van der Waals surface area contributed by atoms with Crippen molar-refractivity contribution in [1.29, 1.82) is 0 Å². The minimum Gasteiger partial charge on any atom is -0.493 e. The zero-order valence-corrected chi connectivity index (χ0v) is 28.6. The molecule has 0 radical (unpaired) electrons. The molecule has 0 N–H and O–H groups in total. The highest BCUT2D eigenvalue weighted by atomic mass is 16.7. The molecule has 0 aliphatic carbocycles. The van der Waals surface area contributed by atoms with Gasteiger partial charge in [0.15, 0.2) is 34.5 Å². The van der Waals surface area contributed by atoms with E-state index in [2.05, 4.69) is 66.4 Å². The minimum atomic E-state index is 0.190. The zero-order chi connectivity index (χ0) is 33.4. The molecule has 3 heterocycles. The molecule has 48 heavy (non-hydrogen) atoms. The van der Waals surface area contributed by atoms with Crippen LogP contribution in [0.15, 0.2) is 60.7 Å². The van der Waals surface area contributed by atoms with E-state index in [1.165, 1.54) is 33.4 Å². The zero-order valence-electron chi connectivity index (χ0n) is 28.6. The summed E-state index contributed by atoms with van der Waals surface area (Å²) in [7, 11) is 11.1. The van der Waals surface area contributed by atoms with Gasteiger partial charge in [-0.05, 0) is 110 Å². The molecule has 0 saturated carbocycles. The molecule has 7 rings (SSSR count). The highest BCUT2D eigenvalue weighted by molar-refractivity contribution is 5.61. The number of likely N-dealkylation sites (N-methyl/N-ethyl adjacent to an activating group) is 2. The van der Waals surface area contributed by atoms with Crippen LogP contribution in [0, 0.1) is 0 Å². The third kappa shape index (κ3) is 5.97. The van der Waals surface area contributed by atoms with Crippen LogP contribution < -0.4 is 33.2 Å². The Labute approximate surface area is 282 Å². The van der Waals surface area contributed by atoms with Gasteiger partial charge in [0.05, 0.1) is 28.4 Å². The Morgan fingerprint density at radius 1 is 0.646 bits per heavy atom. The predicted octanol–water partition coefficient (Wildman–Crippen LogP) is 6.79. The smallest absolute Gasteiger partial charge is 0.231 e. The van der Waals surface area contributed by atoms with Crippen LogP contribution in [-0.2, 0) is 25.7 Å². The van der Waals surface area contributed by atoms with Crippen LogP contribution in [0.2, 0.25) is 0 Å². The van der Waals surface area contributed by atoms with Gasteiger partial charge in [0.25, 0.3) is 0 Å². The van der Waals surface area contributed by atoms with Gasteiger partial charge in [0.2, 0.25) is 12.5 Å². The Bertz CT molecular complexity index is 1790. The summed E-state index contributed by atoms with van der Waals surface area (Å²) in [6, 6.07) is 21.3. The van der Waals surface area contributed by atoms with E-state index in [9.17, 15) is 0 Å². The molecule has 3 aliphatic heterocycles. The maximum atomic E-state index is 6.36. The van der Waals surface area contributed by atoms with Crippen LogP contribution in [0.1, 0.15) is 45.5 Å². The molecule has 0 unspecified atom stereocenters. The summed E-state index contributed by atoms with van der Waals surface area (Å²) in [6.45, 7) is 2.14. The summed E-state index contributed by atoms with van der Waals surface area (Å²) in [5.74, 6) is 5.96. The SMILES string of the molecule is COc1cc2c(cc1OC)[C@H](Cc1ccc(Oc3ccc(C[C@H]4c5cc6c(c(OC)c5CCN4C)OCO6)cc3)c(OC)c1)N(C)CC2. The Morgan fingerprint density at radius 3 is 2.02 bits per heavy atom. The van der Waals surface area contributed by atoms with E-state index in [-0.39, 0.29) is 18.9 Å². The molecule has 4 aromatic rings. The number of nitrogens with zero attached hydrogens (tertiary/aromatic N) is 2. The van der Waals surface area contributed by atoms with E-state index in [0.29, 0.717) is 11.5 Å². The molecular formula is C39H44N2O7. The maximum Gasteiger partial charge on any atom is 0.231 e. The number of benzene rings is 4. The second-order valence-electron chi connectivity index (χ2n) is 12.7. The van der Waals surface area contributed by atoms with Crippen molar-refractivity contribution >= 4 is 0 Å². The Kier molecular flexibility index (Phi) is 8.98. The van der Waals surface area contributed by atoms with Crippen LogP contribution in [0.5, 0.6) is 46.0 Å². The number of hydrogen-bond acceptors (Lipinski definition) is 9. The van der Waals surface area contributed by atoms with E-state index in [1.54, 1.807) is 28.4 Å². The summed E-state index contributed by atoms with van der Waals surface area (Å²) >= 11 is 0. The second-order valence-corrected chi connectivity index (χ2v) is 12.7. The minimum absolute atomic E-state index is 0.190. The molecule has 9 heteroatoms. The molecule has 0 amide bonds. The van der Waals surface area contributed by atoms with Crippen LogP contribution in [0.3, 0.4) is 0 Å². The van der Waals surface area contributed by atoms with E-state index in [0.717, 1.165) is 73.3 Å². The van der Waals surface area contributed by atoms with Crippen molar-refractivity contribution in [3.63, 3.8) is 0 Å². The summed E-state index contributed by atoms with van der Waals surface area (Å²) in [4.78, 5) is 4.80. The first-order chi connectivity index (χ1) is 23.4. The highest BCUT2D eigenvalue weighted by Gasteiger charge is 2.33. The quantitative estimate of drug-likeness (QED) is 0.184. The fourth-order valence-corrected chi connectivity index (χ4v) is 7.40. The molecule has 0 saturated heterocycles. The van der Waals surface area contributed by atoms with Crippen molar-refractivity contribution in [3.8, 4) is 46.0 Å². The van der Waals surface area contributed by atoms with Gasteiger partial charge in [0.1, 0.15) is 5.75 Å². The predicted molar refractivity (Wildman–Crippen MR) is 184 cm³/mol. The first-order valence-corrected chi connectivity index (χ1v) is 16.5. The largest absolute Gasteiger partial charge is 0.493 e. The van der Waals surface area contributed by atoms with Gasteiger partial charge in [-0.3, -0.25) is 9.80 Å². The molecule has 252 valence electrons. The van der Waals surface area contributed by atoms with E-state index >= 15 is 0 Å². The molecule has 0 bridgehead atoms. The number of rotatable bonds is 10. The van der Waals surface area contributed by atoms with Crippen molar-refractivity contribution in [1.82, 2.24) is 9.80 Å². The van der Waals surface area contributed by atoms with Gasteiger partial charge in [-0.15, -0.1) is 0 Å². The van der Waals surface area contributed by atoms with Gasteiger partial charge in [-0.2, -0.15) is 0 Å². The summed E-state index contributed by atoms with van der Waals surface area (Å²) in [5, 5.41) is 0. The monoisotopic (exact) mass is 652 g/mol. The van der Waals surface area contributed by atoms with E-state index in [4.69, 9.17) is 33.2 Å². The van der Waals surface area contributed by atoms with Crippen molar-refractivity contribution in [3.05, 3.63) is 94.0 Å². The highest BCUT2D eigenvalue weighted by Crippen LogP contribution is 2.49. The standard InChI is InChI=1S/C39H44N2O7/c1-40-15-13-26-20-35(43-4)36(44-5)21-29(26)31(40)18-25-9-12-33(34(19-25)42-3)48-27-10-7-24(8-11-27)17-32-30-22-37-39(47-23-46-37)38(45-6)28(30)14-16-41(32)2/h7-12,19-22,31-32H,13-18,23H2,1-6H3/t31-,32-/m0/s1. The fraction of sp³-hybridized carbons (Fsp3) is 0.385. The van der Waals surface area contributed by atoms with Gasteiger partial charge < -0.3 is 33.2 Å². The van der Waals surface area contributed by atoms with Gasteiger partial charge in [0, 0.05) is 30.7 Å². The maximum absolute atomic E-state index is 6.36. The molecular weight excluding hydrogens is 608 g/mol. The molecule has 9 nitrogen and oxygen atoms in total. The third-order valence-corrected chi connectivity index (χ3v) is 10.1. The summed E-state index contributed by atoms with van der Waals surface area (Å²) in [5.41, 5.74) is 7.41. The Hall–Kier alpha value is -4.60. The second kappa shape index (κ2) is 13.5. The first kappa shape index (κ1) is 32.0. The fourth-order valence-electron chi connectivity index (χ4n) is 7.40. The van der Waals surface area contributed by atoms with Gasteiger partial charge in [-0.1, -0.05) is 18.2 Å². The van der Waals surface area contributed by atoms with Crippen LogP contribution in [0.4, 0.5) is 0 Å². The van der Waals surface area contributed by atoms with Crippen molar-refractivity contribution in [2.75, 3.05) is 62.4 Å². The lowest BCUT2D eigenvalue weighted by atomic mass is 9.88. The van der Waals surface area contributed by atoms with E-state index in [1.807, 2.05) is 18.2 Å². The van der Waals surface area contributed by atoms with Crippen LogP contribution in [0.25, 0.3) is 0 Å². The van der Waals surface area contributed by atoms with Crippen LogP contribution in [-0.4, -0.2) is 72.2 Å². The lowest BCUT2D eigenvalue weighted by Gasteiger charge is -2.35. The lowest BCUT2D eigenvalue weighted by Crippen LogP contribution is -2.33. The summed E-state index contributed by atoms with van der Waals surface area (Å²) < 4.78 is 40.7. The molecule has 2 atom stereocenters. The average molecular weight is 653 g/mol. The Morgan fingerprint density at radius 2 is 1.29 bits per heavy atom. The molecule has 4 aromatic carbocycles. The van der Waals surface area contributed by atoms with Gasteiger partial charge in [-0.25, -0.2) is 0 Å². The number of hydrogen-bond donors (Lipinski definition) is 0. The number of ether oxygens (including phenoxy) is 7. The average Bonchev–Trinajstić information content (AvgIpc) is 3.59. The number of fused-ring (bicyclic) bond motifs is 3.